The summed E-state index contributed by atoms with van der Waals surface area (Å²) < 4.78 is 13.2. The highest BCUT2D eigenvalue weighted by Gasteiger charge is 2.13. The van der Waals surface area contributed by atoms with E-state index in [0.29, 0.717) is 17.7 Å². The van der Waals surface area contributed by atoms with Gasteiger partial charge >= 0.3 is 0 Å². The third-order valence-electron chi connectivity index (χ3n) is 2.41. The number of hydrogen-bond donors (Lipinski definition) is 2. The minimum absolute atomic E-state index is 0.276. The van der Waals surface area contributed by atoms with E-state index in [1.165, 1.54) is 6.07 Å². The number of nitrogens with one attached hydrogen (secondary N) is 1. The number of carbonyl (C=O) groups is 1. The third-order valence-corrected chi connectivity index (χ3v) is 3.05. The highest BCUT2D eigenvalue weighted by molar-refractivity contribution is 7.98. The van der Waals surface area contributed by atoms with Crippen LogP contribution in [0.3, 0.4) is 0 Å². The number of aryl methyl sites for hydroxylation is 1. The quantitative estimate of drug-likeness (QED) is 0.848. The van der Waals surface area contributed by atoms with Crippen LogP contribution in [0.15, 0.2) is 18.2 Å². The lowest BCUT2D eigenvalue weighted by Gasteiger charge is -2.11. The maximum atomic E-state index is 13.2. The van der Waals surface area contributed by atoms with Gasteiger partial charge in [-0.1, -0.05) is 6.07 Å². The summed E-state index contributed by atoms with van der Waals surface area (Å²) in [7, 11) is 0. The zero-order valence-corrected chi connectivity index (χ0v) is 10.8. The van der Waals surface area contributed by atoms with Crippen LogP contribution in [0.2, 0.25) is 0 Å². The summed E-state index contributed by atoms with van der Waals surface area (Å²) in [5.41, 5.74) is 6.69. The second-order valence-electron chi connectivity index (χ2n) is 3.84. The van der Waals surface area contributed by atoms with Gasteiger partial charge in [0, 0.05) is 5.69 Å². The zero-order valence-electron chi connectivity index (χ0n) is 10.00. The Morgan fingerprint density at radius 2 is 2.29 bits per heavy atom. The molecule has 0 aromatic heterocycles. The SMILES string of the molecule is CSCC[C@H](N)C(=O)Nc1ccc(C)c(F)c1. The molecule has 0 aliphatic rings. The number of benzene rings is 1. The van der Waals surface area contributed by atoms with Gasteiger partial charge in [-0.25, -0.2) is 4.39 Å². The van der Waals surface area contributed by atoms with Crippen molar-refractivity contribution in [3.8, 4) is 0 Å². The molecule has 3 N–H and O–H groups in total. The molecule has 17 heavy (non-hydrogen) atoms. The number of amides is 1. The van der Waals surface area contributed by atoms with E-state index in [9.17, 15) is 9.18 Å². The minimum atomic E-state index is -0.549. The molecule has 0 aliphatic carbocycles. The van der Waals surface area contributed by atoms with Crippen LogP contribution in [0.5, 0.6) is 0 Å². The average Bonchev–Trinajstić information content (AvgIpc) is 2.30. The molecule has 94 valence electrons. The number of thioether (sulfide) groups is 1. The number of hydrogen-bond acceptors (Lipinski definition) is 3. The van der Waals surface area contributed by atoms with Gasteiger partial charge in [-0.15, -0.1) is 0 Å². The van der Waals surface area contributed by atoms with E-state index in [4.69, 9.17) is 5.73 Å². The van der Waals surface area contributed by atoms with Crippen LogP contribution in [0.1, 0.15) is 12.0 Å². The van der Waals surface area contributed by atoms with Crippen molar-refractivity contribution in [1.82, 2.24) is 0 Å². The van der Waals surface area contributed by atoms with Crippen LogP contribution < -0.4 is 11.1 Å². The Bertz CT molecular complexity index is 398. The van der Waals surface area contributed by atoms with E-state index in [1.807, 2.05) is 6.26 Å². The molecule has 0 fully saturated rings. The molecule has 0 spiro atoms. The molecule has 0 heterocycles. The topological polar surface area (TPSA) is 55.1 Å². The van der Waals surface area contributed by atoms with E-state index in [0.717, 1.165) is 5.75 Å². The number of carbonyl (C=O) groups excluding carboxylic acids is 1. The molecule has 1 rings (SSSR count). The van der Waals surface area contributed by atoms with Crippen molar-refractivity contribution in [2.24, 2.45) is 5.73 Å². The standard InChI is InChI=1S/C12H17FN2OS/c1-8-3-4-9(7-10(8)13)15-12(16)11(14)5-6-17-2/h3-4,7,11H,5-6,14H2,1-2H3,(H,15,16)/t11-/m0/s1. The Labute approximate surface area is 105 Å². The first-order valence-corrected chi connectivity index (χ1v) is 6.75. The Morgan fingerprint density at radius 1 is 1.59 bits per heavy atom. The van der Waals surface area contributed by atoms with Gasteiger partial charge in [-0.2, -0.15) is 11.8 Å². The molecule has 1 aromatic carbocycles. The van der Waals surface area contributed by atoms with Crippen molar-refractivity contribution in [2.45, 2.75) is 19.4 Å². The van der Waals surface area contributed by atoms with Gasteiger partial charge in [0.25, 0.3) is 0 Å². The van der Waals surface area contributed by atoms with Crippen molar-refractivity contribution < 1.29 is 9.18 Å². The average molecular weight is 256 g/mol. The molecule has 0 aliphatic heterocycles. The third kappa shape index (κ3) is 4.36. The highest BCUT2D eigenvalue weighted by atomic mass is 32.2. The lowest BCUT2D eigenvalue weighted by Crippen LogP contribution is -2.36. The molecule has 3 nitrogen and oxygen atoms in total. The molecule has 5 heteroatoms. The largest absolute Gasteiger partial charge is 0.325 e. The molecular weight excluding hydrogens is 239 g/mol. The van der Waals surface area contributed by atoms with Gasteiger partial charge in [-0.3, -0.25) is 4.79 Å². The monoisotopic (exact) mass is 256 g/mol. The molecule has 0 unspecified atom stereocenters. The first-order chi connectivity index (χ1) is 8.04. The van der Waals surface area contributed by atoms with Crippen molar-refractivity contribution in [1.29, 1.82) is 0 Å². The van der Waals surface area contributed by atoms with Crippen LogP contribution in [0.4, 0.5) is 10.1 Å². The molecule has 1 atom stereocenters. The second-order valence-corrected chi connectivity index (χ2v) is 4.83. The number of anilines is 1. The molecule has 1 aromatic rings. The first-order valence-electron chi connectivity index (χ1n) is 5.36. The Balaban J connectivity index is 2.58. The highest BCUT2D eigenvalue weighted by Crippen LogP contribution is 2.14. The Hall–Kier alpha value is -1.07. The van der Waals surface area contributed by atoms with Crippen LogP contribution in [-0.4, -0.2) is 24.0 Å². The van der Waals surface area contributed by atoms with Crippen LogP contribution >= 0.6 is 11.8 Å². The molecular formula is C12H17FN2OS. The Morgan fingerprint density at radius 3 is 2.88 bits per heavy atom. The first kappa shape index (κ1) is 14.0. The molecule has 0 bridgehead atoms. The van der Waals surface area contributed by atoms with Gasteiger partial charge in [0.2, 0.25) is 5.91 Å². The fraction of sp³-hybridized carbons (Fsp3) is 0.417. The Kier molecular flexibility index (Phi) is 5.44. The minimum Gasteiger partial charge on any atom is -0.325 e. The van der Waals surface area contributed by atoms with Crippen LogP contribution in [0, 0.1) is 12.7 Å². The number of halogens is 1. The lowest BCUT2D eigenvalue weighted by molar-refractivity contribution is -0.117. The molecule has 0 saturated heterocycles. The van der Waals surface area contributed by atoms with Crippen LogP contribution in [-0.2, 0) is 4.79 Å². The smallest absolute Gasteiger partial charge is 0.241 e. The van der Waals surface area contributed by atoms with Crippen molar-refractivity contribution in [3.05, 3.63) is 29.6 Å². The van der Waals surface area contributed by atoms with E-state index in [1.54, 1.807) is 30.8 Å². The fourth-order valence-electron chi connectivity index (χ4n) is 1.28. The summed E-state index contributed by atoms with van der Waals surface area (Å²) >= 11 is 1.64. The fourth-order valence-corrected chi connectivity index (χ4v) is 1.77. The normalized spacial score (nSPS) is 12.2. The summed E-state index contributed by atoms with van der Waals surface area (Å²) in [4.78, 5) is 11.6. The molecule has 1 amide bonds. The molecule has 0 radical (unpaired) electrons. The summed E-state index contributed by atoms with van der Waals surface area (Å²) in [6.45, 7) is 1.67. The molecule has 0 saturated carbocycles. The van der Waals surface area contributed by atoms with Gasteiger partial charge in [0.15, 0.2) is 0 Å². The summed E-state index contributed by atoms with van der Waals surface area (Å²) in [6, 6.07) is 4.04. The van der Waals surface area contributed by atoms with Gasteiger partial charge in [-0.05, 0) is 43.0 Å². The van der Waals surface area contributed by atoms with E-state index >= 15 is 0 Å². The van der Waals surface area contributed by atoms with E-state index in [-0.39, 0.29) is 11.7 Å². The predicted octanol–water partition coefficient (Wildman–Crippen LogP) is 2.15. The van der Waals surface area contributed by atoms with Gasteiger partial charge in [0.1, 0.15) is 5.82 Å². The number of nitrogens with two attached hydrogens (primary N) is 1. The zero-order chi connectivity index (χ0) is 12.8. The summed E-state index contributed by atoms with van der Waals surface area (Å²) in [6.07, 6.45) is 2.57. The van der Waals surface area contributed by atoms with E-state index < -0.39 is 6.04 Å². The number of rotatable bonds is 5. The maximum Gasteiger partial charge on any atom is 0.241 e. The van der Waals surface area contributed by atoms with Crippen molar-refractivity contribution in [2.75, 3.05) is 17.3 Å². The summed E-state index contributed by atoms with van der Waals surface area (Å²) in [5.74, 6) is 0.222. The van der Waals surface area contributed by atoms with Crippen LogP contribution in [0.25, 0.3) is 0 Å². The van der Waals surface area contributed by atoms with E-state index in [2.05, 4.69) is 5.32 Å². The predicted molar refractivity (Wildman–Crippen MR) is 70.7 cm³/mol. The van der Waals surface area contributed by atoms with Crippen molar-refractivity contribution >= 4 is 23.4 Å². The summed E-state index contributed by atoms with van der Waals surface area (Å²) in [5, 5.41) is 2.61. The van der Waals surface area contributed by atoms with Gasteiger partial charge in [0.05, 0.1) is 6.04 Å². The van der Waals surface area contributed by atoms with Crippen molar-refractivity contribution in [3.63, 3.8) is 0 Å². The van der Waals surface area contributed by atoms with Gasteiger partial charge < -0.3 is 11.1 Å². The maximum absolute atomic E-state index is 13.2. The second kappa shape index (κ2) is 6.61. The lowest BCUT2D eigenvalue weighted by atomic mass is 10.2.